The molecular weight excluding hydrogens is 1130 g/mol. The molecule has 1 aliphatic heterocycles. The van der Waals surface area contributed by atoms with E-state index in [1.165, 1.54) is 205 Å². The Morgan fingerprint density at radius 1 is 0.539 bits per heavy atom. The molecule has 0 aromatic heterocycles. The maximum atomic E-state index is 13.5. The van der Waals surface area contributed by atoms with Crippen molar-refractivity contribution in [1.82, 2.24) is 26.2 Å². The minimum absolute atomic E-state index is 0.0186. The van der Waals surface area contributed by atoms with Crippen molar-refractivity contribution in [1.29, 1.82) is 0 Å². The van der Waals surface area contributed by atoms with E-state index in [0.29, 0.717) is 38.8 Å². The van der Waals surface area contributed by atoms with Crippen molar-refractivity contribution in [3.63, 3.8) is 0 Å². The van der Waals surface area contributed by atoms with Crippen LogP contribution in [-0.4, -0.2) is 132 Å². The van der Waals surface area contributed by atoms with E-state index in [1.807, 2.05) is 27.7 Å². The van der Waals surface area contributed by atoms with E-state index in [0.717, 1.165) is 58.0 Å². The number of ether oxygens (including phenoxy) is 3. The summed E-state index contributed by atoms with van der Waals surface area (Å²) in [6.45, 7) is 15.9. The van der Waals surface area contributed by atoms with Gasteiger partial charge in [0.05, 0.1) is 36.8 Å². The topological polar surface area (TPSA) is 242 Å². The molecule has 0 spiro atoms. The molecular formula is C72H137N5O12. The Bertz CT molecular complexity index is 1810. The summed E-state index contributed by atoms with van der Waals surface area (Å²) in [4.78, 5) is 75.6. The number of carboxylic acid groups (broad SMARTS) is 3. The number of urea groups is 1. The first kappa shape index (κ1) is 83.5. The molecule has 5 unspecified atom stereocenters. The molecule has 4 amide bonds. The van der Waals surface area contributed by atoms with E-state index in [9.17, 15) is 39.0 Å². The zero-order valence-electron chi connectivity index (χ0n) is 58.2. The third kappa shape index (κ3) is 44.6. The van der Waals surface area contributed by atoms with Gasteiger partial charge in [-0.2, -0.15) is 0 Å². The molecule has 17 nitrogen and oxygen atoms in total. The lowest BCUT2D eigenvalue weighted by atomic mass is 9.88. The number of amides is 4. The second kappa shape index (κ2) is 53.9. The van der Waals surface area contributed by atoms with Crippen LogP contribution < -0.4 is 21.3 Å². The summed E-state index contributed by atoms with van der Waals surface area (Å²) < 4.78 is 20.1. The first-order valence-corrected chi connectivity index (χ1v) is 36.8. The number of aliphatic carboxylic acids is 3. The Morgan fingerprint density at radius 3 is 1.40 bits per heavy atom. The highest BCUT2D eigenvalue weighted by Gasteiger charge is 2.41. The van der Waals surface area contributed by atoms with Crippen molar-refractivity contribution in [2.45, 2.75) is 373 Å². The predicted molar refractivity (Wildman–Crippen MR) is 361 cm³/mol. The van der Waals surface area contributed by atoms with E-state index in [4.69, 9.17) is 19.3 Å². The number of unbranched alkanes of at least 4 members (excludes halogenated alkanes) is 33. The van der Waals surface area contributed by atoms with Gasteiger partial charge in [-0.15, -0.1) is 0 Å². The van der Waals surface area contributed by atoms with Crippen molar-refractivity contribution >= 4 is 35.8 Å². The van der Waals surface area contributed by atoms with Gasteiger partial charge in [0.15, 0.2) is 5.79 Å². The fourth-order valence-corrected chi connectivity index (χ4v) is 12.3. The summed E-state index contributed by atoms with van der Waals surface area (Å²) in [6, 6.07) is -3.85. The van der Waals surface area contributed by atoms with E-state index in [1.54, 1.807) is 0 Å². The molecule has 522 valence electrons. The number of nitrogens with one attached hydrogen (secondary N) is 4. The molecule has 0 aliphatic carbocycles. The van der Waals surface area contributed by atoms with Gasteiger partial charge in [0.1, 0.15) is 12.1 Å². The number of carbonyl (C=O) groups excluding carboxylic acids is 3. The quantitative estimate of drug-likeness (QED) is 0.0281. The number of hydrogen-bond acceptors (Lipinski definition) is 10. The first-order valence-electron chi connectivity index (χ1n) is 36.8. The second-order valence-corrected chi connectivity index (χ2v) is 27.3. The molecule has 1 saturated heterocycles. The summed E-state index contributed by atoms with van der Waals surface area (Å²) in [7, 11) is 2.20. The SMILES string of the molecule is CCCCCCCCCCCCCCCCCCCC1(CCCCCCCCCCCCCCCCC)OCC(CCN(C)CCCCCNC(=O)C(C)(C)COC(CC)(CCC)CC(=O)NCCCCC(NC(=O)NC(CCC(=O)O)C(=O)O)C(=O)O)O1. The molecule has 1 fully saturated rings. The fraction of sp³-hybridized carbons (Fsp3) is 0.917. The molecule has 0 bridgehead atoms. The lowest BCUT2D eigenvalue weighted by molar-refractivity contribution is -0.180. The van der Waals surface area contributed by atoms with Gasteiger partial charge in [0.2, 0.25) is 11.8 Å². The van der Waals surface area contributed by atoms with E-state index in [-0.39, 0.29) is 50.3 Å². The molecule has 0 aromatic rings. The minimum Gasteiger partial charge on any atom is -0.481 e. The summed E-state index contributed by atoms with van der Waals surface area (Å²) in [5.41, 5.74) is -1.60. The van der Waals surface area contributed by atoms with Crippen molar-refractivity contribution in [3.05, 3.63) is 0 Å². The Labute approximate surface area is 542 Å². The first-order chi connectivity index (χ1) is 42.9. The van der Waals surface area contributed by atoms with E-state index in [2.05, 4.69) is 47.1 Å². The lowest BCUT2D eigenvalue weighted by Crippen LogP contribution is -2.51. The van der Waals surface area contributed by atoms with Crippen LogP contribution in [-0.2, 0) is 38.2 Å². The zero-order valence-corrected chi connectivity index (χ0v) is 58.2. The van der Waals surface area contributed by atoms with Crippen molar-refractivity contribution in [3.8, 4) is 0 Å². The van der Waals surface area contributed by atoms with Crippen LogP contribution in [0.5, 0.6) is 0 Å². The number of hydrogen-bond donors (Lipinski definition) is 7. The van der Waals surface area contributed by atoms with E-state index >= 15 is 0 Å². The van der Waals surface area contributed by atoms with Crippen LogP contribution in [0, 0.1) is 5.41 Å². The molecule has 5 atom stereocenters. The zero-order chi connectivity index (χ0) is 65.7. The number of carbonyl (C=O) groups is 6. The molecule has 0 radical (unpaired) electrons. The van der Waals surface area contributed by atoms with Crippen molar-refractivity contribution in [2.24, 2.45) is 5.41 Å². The minimum atomic E-state index is -1.50. The van der Waals surface area contributed by atoms with Gasteiger partial charge in [-0.25, -0.2) is 14.4 Å². The van der Waals surface area contributed by atoms with Crippen molar-refractivity contribution in [2.75, 3.05) is 46.4 Å². The summed E-state index contributed by atoms with van der Waals surface area (Å²) >= 11 is 0. The second-order valence-electron chi connectivity index (χ2n) is 27.3. The van der Waals surface area contributed by atoms with Crippen LogP contribution in [0.15, 0.2) is 0 Å². The molecule has 0 saturated carbocycles. The molecule has 7 N–H and O–H groups in total. The van der Waals surface area contributed by atoms with Gasteiger partial charge in [0, 0.05) is 38.9 Å². The monoisotopic (exact) mass is 1260 g/mol. The highest BCUT2D eigenvalue weighted by molar-refractivity contribution is 5.86. The van der Waals surface area contributed by atoms with Gasteiger partial charge in [-0.1, -0.05) is 233 Å². The fourth-order valence-electron chi connectivity index (χ4n) is 12.3. The third-order valence-corrected chi connectivity index (χ3v) is 18.4. The molecule has 17 heteroatoms. The predicted octanol–water partition coefficient (Wildman–Crippen LogP) is 16.7. The molecule has 89 heavy (non-hydrogen) atoms. The maximum Gasteiger partial charge on any atom is 0.326 e. The Kier molecular flexibility index (Phi) is 50.6. The summed E-state index contributed by atoms with van der Waals surface area (Å²) in [5.74, 6) is -4.72. The Balaban J connectivity index is 2.50. The molecule has 1 aliphatic rings. The molecule has 1 heterocycles. The summed E-state index contributed by atoms with van der Waals surface area (Å²) in [6.07, 6.45) is 51.9. The highest BCUT2D eigenvalue weighted by Crippen LogP contribution is 2.36. The largest absolute Gasteiger partial charge is 0.481 e. The third-order valence-electron chi connectivity index (χ3n) is 18.4. The van der Waals surface area contributed by atoms with Gasteiger partial charge in [0.25, 0.3) is 0 Å². The molecule has 1 rings (SSSR count). The average molecular weight is 1260 g/mol. The van der Waals surface area contributed by atoms with Gasteiger partial charge in [-0.3, -0.25) is 14.4 Å². The number of rotatable bonds is 64. The van der Waals surface area contributed by atoms with Gasteiger partial charge in [-0.05, 0) is 98.1 Å². The molecule has 0 aromatic carbocycles. The normalized spacial score (nSPS) is 16.5. The van der Waals surface area contributed by atoms with E-state index < -0.39 is 59.2 Å². The van der Waals surface area contributed by atoms with Crippen LogP contribution in [0.3, 0.4) is 0 Å². The smallest absolute Gasteiger partial charge is 0.326 e. The standard InChI is InChI=1S/C72H137N5O12/c1-8-12-14-16-18-20-22-24-26-27-29-31-33-35-37-39-43-53-72(52-42-38-36-34-32-30-28-25-23-21-19-17-15-13-9-2)87-59-61(89-72)50-57-77(7)56-46-40-44-55-74-68(85)70(5,6)60-88-71(11-4,51-10-3)58-64(78)73-54-45-41-47-62(66(81)82)75-69(86)76-63(67(83)84)48-49-65(79)80/h61-63H,8-60H2,1-7H3,(H,73,78)(H,74,85)(H,79,80)(H,81,82)(H,83,84)(H2,75,76,86). The van der Waals surface area contributed by atoms with Gasteiger partial charge >= 0.3 is 23.9 Å². The van der Waals surface area contributed by atoms with Crippen LogP contribution in [0.1, 0.15) is 343 Å². The van der Waals surface area contributed by atoms with Crippen molar-refractivity contribution < 1.29 is 58.3 Å². The van der Waals surface area contributed by atoms with Crippen LogP contribution in [0.4, 0.5) is 4.79 Å². The Hall–Kier alpha value is -3.54. The highest BCUT2D eigenvalue weighted by atomic mass is 16.7. The van der Waals surface area contributed by atoms with Crippen LogP contribution in [0.25, 0.3) is 0 Å². The van der Waals surface area contributed by atoms with Crippen LogP contribution >= 0.6 is 0 Å². The lowest BCUT2D eigenvalue weighted by Gasteiger charge is -2.36. The average Bonchev–Trinajstić information content (AvgIpc) is 2.62. The number of carboxylic acids is 3. The van der Waals surface area contributed by atoms with Crippen LogP contribution in [0.2, 0.25) is 0 Å². The maximum absolute atomic E-state index is 13.5. The Morgan fingerprint density at radius 2 is 0.966 bits per heavy atom. The van der Waals surface area contributed by atoms with Gasteiger partial charge < -0.3 is 55.7 Å². The number of nitrogens with zero attached hydrogens (tertiary/aromatic N) is 1. The summed E-state index contributed by atoms with van der Waals surface area (Å²) in [5, 5.41) is 38.2.